The summed E-state index contributed by atoms with van der Waals surface area (Å²) in [6.07, 6.45) is 5.37. The molecule has 0 bridgehead atoms. The van der Waals surface area contributed by atoms with E-state index in [1.807, 2.05) is 24.3 Å². The van der Waals surface area contributed by atoms with Gasteiger partial charge in [-0.1, -0.05) is 25.1 Å². The van der Waals surface area contributed by atoms with E-state index in [0.717, 1.165) is 36.9 Å². The largest absolute Gasteiger partial charge is 0.345 e. The van der Waals surface area contributed by atoms with E-state index in [0.29, 0.717) is 31.2 Å². The lowest BCUT2D eigenvalue weighted by atomic mass is 10.0. The van der Waals surface area contributed by atoms with Gasteiger partial charge in [-0.3, -0.25) is 4.79 Å². The van der Waals surface area contributed by atoms with Crippen molar-refractivity contribution in [3.63, 3.8) is 0 Å². The predicted molar refractivity (Wildman–Crippen MR) is 109 cm³/mol. The molecule has 1 amide bonds. The van der Waals surface area contributed by atoms with E-state index >= 15 is 0 Å². The van der Waals surface area contributed by atoms with Crippen LogP contribution in [0.1, 0.15) is 42.2 Å². The van der Waals surface area contributed by atoms with Crippen molar-refractivity contribution in [2.45, 2.75) is 37.5 Å². The predicted octanol–water partition coefficient (Wildman–Crippen LogP) is 3.04. The Hall–Kier alpha value is -2.12. The minimum atomic E-state index is -3.58. The molecular formula is C21H27N3O3S. The van der Waals surface area contributed by atoms with Crippen molar-refractivity contribution in [3.05, 3.63) is 47.8 Å². The third kappa shape index (κ3) is 3.37. The van der Waals surface area contributed by atoms with E-state index in [4.69, 9.17) is 0 Å². The Morgan fingerprint density at radius 1 is 1.14 bits per heavy atom. The fourth-order valence-corrected chi connectivity index (χ4v) is 5.95. The molecule has 3 heterocycles. The van der Waals surface area contributed by atoms with Crippen molar-refractivity contribution in [2.75, 3.05) is 24.5 Å². The number of nitrogens with zero attached hydrogens (tertiary/aromatic N) is 3. The quantitative estimate of drug-likeness (QED) is 0.794. The summed E-state index contributed by atoms with van der Waals surface area (Å²) < 4.78 is 29.4. The summed E-state index contributed by atoms with van der Waals surface area (Å²) in [5.74, 6) is 0.210. The summed E-state index contributed by atoms with van der Waals surface area (Å²) in [4.78, 5) is 15.2. The summed E-state index contributed by atoms with van der Waals surface area (Å²) in [5.41, 5.74) is 2.49. The second kappa shape index (κ2) is 7.37. The number of hydrogen-bond acceptors (Lipinski definition) is 3. The molecule has 0 radical (unpaired) electrons. The Morgan fingerprint density at radius 3 is 2.71 bits per heavy atom. The lowest BCUT2D eigenvalue weighted by Gasteiger charge is -2.29. The number of rotatable bonds is 3. The summed E-state index contributed by atoms with van der Waals surface area (Å²) >= 11 is 0. The lowest BCUT2D eigenvalue weighted by Crippen LogP contribution is -2.39. The molecule has 7 heteroatoms. The fourth-order valence-electron chi connectivity index (χ4n) is 4.28. The molecule has 1 saturated heterocycles. The van der Waals surface area contributed by atoms with E-state index in [1.165, 1.54) is 6.07 Å². The van der Waals surface area contributed by atoms with Gasteiger partial charge < -0.3 is 9.47 Å². The zero-order chi connectivity index (χ0) is 19.9. The van der Waals surface area contributed by atoms with Gasteiger partial charge in [0.25, 0.3) is 5.91 Å². The number of para-hydroxylation sites is 1. The molecule has 0 aliphatic carbocycles. The number of fused-ring (bicyclic) bond motifs is 1. The third-order valence-corrected chi connectivity index (χ3v) is 7.64. The SMILES string of the molecule is C[C@@H]1CCCN(S(=O)(=O)c2cc(C(=O)N3CCCc4ccccc43)n(C)c2)C1. The summed E-state index contributed by atoms with van der Waals surface area (Å²) in [5, 5.41) is 0. The molecule has 1 fully saturated rings. The minimum Gasteiger partial charge on any atom is -0.345 e. The summed E-state index contributed by atoms with van der Waals surface area (Å²) in [6, 6.07) is 9.46. The maximum Gasteiger partial charge on any atom is 0.274 e. The van der Waals surface area contributed by atoms with Gasteiger partial charge in [-0.05, 0) is 49.3 Å². The number of hydrogen-bond donors (Lipinski definition) is 0. The van der Waals surface area contributed by atoms with E-state index in [1.54, 1.807) is 27.0 Å². The van der Waals surface area contributed by atoms with Gasteiger partial charge in [-0.15, -0.1) is 0 Å². The number of carbonyl (C=O) groups is 1. The first kappa shape index (κ1) is 19.2. The van der Waals surface area contributed by atoms with Crippen LogP contribution < -0.4 is 4.90 Å². The number of sulfonamides is 1. The number of aryl methyl sites for hydroxylation is 2. The topological polar surface area (TPSA) is 62.6 Å². The van der Waals surface area contributed by atoms with Crippen LogP contribution in [0.2, 0.25) is 0 Å². The van der Waals surface area contributed by atoms with Crippen molar-refractivity contribution >= 4 is 21.6 Å². The van der Waals surface area contributed by atoms with Crippen LogP contribution in [0.3, 0.4) is 0 Å². The van der Waals surface area contributed by atoms with Gasteiger partial charge in [0.1, 0.15) is 10.6 Å². The molecule has 28 heavy (non-hydrogen) atoms. The van der Waals surface area contributed by atoms with Crippen LogP contribution in [0.5, 0.6) is 0 Å². The number of aromatic nitrogens is 1. The van der Waals surface area contributed by atoms with Crippen molar-refractivity contribution < 1.29 is 13.2 Å². The summed E-state index contributed by atoms with van der Waals surface area (Å²) in [7, 11) is -1.84. The van der Waals surface area contributed by atoms with Gasteiger partial charge in [0.2, 0.25) is 10.0 Å². The average Bonchev–Trinajstić information content (AvgIpc) is 3.09. The maximum absolute atomic E-state index is 13.2. The van der Waals surface area contributed by atoms with Crippen LogP contribution in [0.4, 0.5) is 5.69 Å². The molecule has 0 unspecified atom stereocenters. The molecule has 0 spiro atoms. The van der Waals surface area contributed by atoms with Gasteiger partial charge in [-0.2, -0.15) is 4.31 Å². The third-order valence-electron chi connectivity index (χ3n) is 5.81. The highest BCUT2D eigenvalue weighted by Crippen LogP contribution is 2.30. The molecule has 6 nitrogen and oxygen atoms in total. The zero-order valence-electron chi connectivity index (χ0n) is 16.5. The molecule has 1 aromatic heterocycles. The highest BCUT2D eigenvalue weighted by molar-refractivity contribution is 7.89. The Bertz CT molecular complexity index is 996. The molecule has 0 saturated carbocycles. The van der Waals surface area contributed by atoms with E-state index in [9.17, 15) is 13.2 Å². The van der Waals surface area contributed by atoms with Gasteiger partial charge in [0.15, 0.2) is 0 Å². The Labute approximate surface area is 166 Å². The molecule has 4 rings (SSSR count). The zero-order valence-corrected chi connectivity index (χ0v) is 17.3. The smallest absolute Gasteiger partial charge is 0.274 e. The number of carbonyl (C=O) groups excluding carboxylic acids is 1. The van der Waals surface area contributed by atoms with Gasteiger partial charge in [0, 0.05) is 38.6 Å². The molecule has 150 valence electrons. The second-order valence-corrected chi connectivity index (χ2v) is 9.91. The first-order valence-electron chi connectivity index (χ1n) is 9.94. The van der Waals surface area contributed by atoms with Crippen LogP contribution in [0.25, 0.3) is 0 Å². The van der Waals surface area contributed by atoms with Crippen molar-refractivity contribution in [2.24, 2.45) is 13.0 Å². The Kier molecular flexibility index (Phi) is 5.05. The molecule has 1 aromatic carbocycles. The van der Waals surface area contributed by atoms with Crippen molar-refractivity contribution in [3.8, 4) is 0 Å². The first-order chi connectivity index (χ1) is 13.4. The van der Waals surface area contributed by atoms with Crippen LogP contribution in [0, 0.1) is 5.92 Å². The number of anilines is 1. The normalized spacial score (nSPS) is 20.8. The van der Waals surface area contributed by atoms with E-state index < -0.39 is 10.0 Å². The lowest BCUT2D eigenvalue weighted by molar-refractivity contribution is 0.0977. The molecule has 2 aliphatic heterocycles. The minimum absolute atomic E-state index is 0.150. The van der Waals surface area contributed by atoms with Crippen LogP contribution in [0.15, 0.2) is 41.4 Å². The van der Waals surface area contributed by atoms with E-state index in [-0.39, 0.29) is 10.8 Å². The van der Waals surface area contributed by atoms with Crippen LogP contribution >= 0.6 is 0 Å². The molecular weight excluding hydrogens is 374 g/mol. The van der Waals surface area contributed by atoms with Crippen LogP contribution in [-0.2, 0) is 23.5 Å². The van der Waals surface area contributed by atoms with Gasteiger partial charge in [-0.25, -0.2) is 8.42 Å². The van der Waals surface area contributed by atoms with Crippen LogP contribution in [-0.4, -0.2) is 42.8 Å². The Balaban J connectivity index is 1.64. The monoisotopic (exact) mass is 401 g/mol. The standard InChI is InChI=1S/C21H27N3O3S/c1-16-7-5-11-23(14-16)28(26,27)18-13-20(22(2)15-18)21(25)24-12-6-9-17-8-3-4-10-19(17)24/h3-4,8,10,13,15-16H,5-7,9,11-12,14H2,1-2H3/t16-/m1/s1. The first-order valence-corrected chi connectivity index (χ1v) is 11.4. The van der Waals surface area contributed by atoms with Gasteiger partial charge in [0.05, 0.1) is 0 Å². The maximum atomic E-state index is 13.2. The number of amides is 1. The average molecular weight is 402 g/mol. The molecule has 0 N–H and O–H groups in total. The number of benzene rings is 1. The Morgan fingerprint density at radius 2 is 1.93 bits per heavy atom. The second-order valence-electron chi connectivity index (χ2n) is 7.97. The van der Waals surface area contributed by atoms with E-state index in [2.05, 4.69) is 6.92 Å². The fraction of sp³-hybridized carbons (Fsp3) is 0.476. The van der Waals surface area contributed by atoms with Crippen molar-refractivity contribution in [1.82, 2.24) is 8.87 Å². The highest BCUT2D eigenvalue weighted by Gasteiger charge is 2.32. The molecule has 2 aliphatic rings. The summed E-state index contributed by atoms with van der Waals surface area (Å²) in [6.45, 7) is 3.81. The van der Waals surface area contributed by atoms with Crippen molar-refractivity contribution in [1.29, 1.82) is 0 Å². The molecule has 1 atom stereocenters. The molecule has 2 aromatic rings. The highest BCUT2D eigenvalue weighted by atomic mass is 32.2. The van der Waals surface area contributed by atoms with Gasteiger partial charge >= 0.3 is 0 Å². The number of piperidine rings is 1.